The summed E-state index contributed by atoms with van der Waals surface area (Å²) >= 11 is 5.38. The van der Waals surface area contributed by atoms with Crippen molar-refractivity contribution in [1.29, 1.82) is 0 Å². The molecule has 21 heavy (non-hydrogen) atoms. The van der Waals surface area contributed by atoms with E-state index in [4.69, 9.17) is 25.8 Å². The average molecular weight is 317 g/mol. The molecular formula is C16H25ClO4. The maximum absolute atomic E-state index is 10.4. The molecule has 0 aliphatic carbocycles. The number of aldehydes is 1. The Morgan fingerprint density at radius 2 is 1.62 bits per heavy atom. The van der Waals surface area contributed by atoms with E-state index in [1.54, 1.807) is 33.5 Å². The number of methoxy groups -OCH3 is 3. The molecule has 120 valence electrons. The lowest BCUT2D eigenvalue weighted by Crippen LogP contribution is -1.97. The molecular weight excluding hydrogens is 292 g/mol. The molecule has 1 aromatic carbocycles. The van der Waals surface area contributed by atoms with E-state index >= 15 is 0 Å². The minimum atomic E-state index is 0.330. The SMILES string of the molecule is CCCCCCl.COc1cc(CC=O)cc(OC)c1OC. The number of rotatable bonds is 8. The first-order valence-corrected chi connectivity index (χ1v) is 7.50. The zero-order chi connectivity index (χ0) is 16.1. The minimum absolute atomic E-state index is 0.330. The Labute approximate surface area is 132 Å². The van der Waals surface area contributed by atoms with Crippen molar-refractivity contribution in [2.24, 2.45) is 0 Å². The van der Waals surface area contributed by atoms with Crippen molar-refractivity contribution >= 4 is 17.9 Å². The predicted octanol–water partition coefficient (Wildman–Crippen LogP) is 3.87. The summed E-state index contributed by atoms with van der Waals surface area (Å²) in [5, 5.41) is 0. The maximum atomic E-state index is 10.4. The molecule has 0 saturated heterocycles. The molecule has 0 N–H and O–H groups in total. The lowest BCUT2D eigenvalue weighted by molar-refractivity contribution is -0.107. The molecule has 5 heteroatoms. The normalized spacial score (nSPS) is 9.38. The van der Waals surface area contributed by atoms with Crippen molar-refractivity contribution in [2.75, 3.05) is 27.2 Å². The molecule has 0 spiro atoms. The van der Waals surface area contributed by atoms with Crippen LogP contribution in [-0.2, 0) is 11.2 Å². The fraction of sp³-hybridized carbons (Fsp3) is 0.562. The van der Waals surface area contributed by atoms with E-state index < -0.39 is 0 Å². The standard InChI is InChI=1S/C11H14O4.C5H11Cl/c1-13-9-6-8(4-5-12)7-10(14-2)11(9)15-3;1-2-3-4-5-6/h5-7H,4H2,1-3H3;2-5H2,1H3. The van der Waals surface area contributed by atoms with E-state index in [1.165, 1.54) is 19.3 Å². The summed E-state index contributed by atoms with van der Waals surface area (Å²) < 4.78 is 15.4. The van der Waals surface area contributed by atoms with E-state index in [-0.39, 0.29) is 0 Å². The smallest absolute Gasteiger partial charge is 0.203 e. The fourth-order valence-electron chi connectivity index (χ4n) is 1.69. The molecule has 0 fully saturated rings. The Balaban J connectivity index is 0.000000567. The second-order valence-electron chi connectivity index (χ2n) is 4.30. The fourth-order valence-corrected chi connectivity index (χ4v) is 1.88. The molecule has 1 aromatic rings. The van der Waals surface area contributed by atoms with Crippen LogP contribution < -0.4 is 14.2 Å². The van der Waals surface area contributed by atoms with Crippen molar-refractivity contribution in [3.05, 3.63) is 17.7 Å². The number of unbranched alkanes of at least 4 members (excludes halogenated alkanes) is 2. The van der Waals surface area contributed by atoms with E-state index in [2.05, 4.69) is 6.92 Å². The molecule has 0 unspecified atom stereocenters. The van der Waals surface area contributed by atoms with Crippen LogP contribution in [0.1, 0.15) is 31.7 Å². The van der Waals surface area contributed by atoms with Gasteiger partial charge in [0, 0.05) is 12.3 Å². The van der Waals surface area contributed by atoms with Crippen molar-refractivity contribution in [1.82, 2.24) is 0 Å². The first kappa shape index (κ1) is 19.6. The molecule has 0 amide bonds. The number of alkyl halides is 1. The zero-order valence-corrected chi connectivity index (χ0v) is 14.0. The van der Waals surface area contributed by atoms with Gasteiger partial charge in [-0.3, -0.25) is 0 Å². The van der Waals surface area contributed by atoms with Gasteiger partial charge in [-0.05, 0) is 24.1 Å². The van der Waals surface area contributed by atoms with Crippen LogP contribution >= 0.6 is 11.6 Å². The summed E-state index contributed by atoms with van der Waals surface area (Å²) in [6, 6.07) is 3.52. The highest BCUT2D eigenvalue weighted by Gasteiger charge is 2.12. The van der Waals surface area contributed by atoms with Gasteiger partial charge in [-0.15, -0.1) is 11.6 Å². The molecule has 0 atom stereocenters. The van der Waals surface area contributed by atoms with Gasteiger partial charge in [0.05, 0.1) is 21.3 Å². The third kappa shape index (κ3) is 7.23. The summed E-state index contributed by atoms with van der Waals surface area (Å²) in [6.07, 6.45) is 4.89. The van der Waals surface area contributed by atoms with Gasteiger partial charge in [0.15, 0.2) is 11.5 Å². The molecule has 0 saturated carbocycles. The Hall–Kier alpha value is -1.42. The summed E-state index contributed by atoms with van der Waals surface area (Å²) in [6.45, 7) is 2.17. The van der Waals surface area contributed by atoms with Gasteiger partial charge in [0.25, 0.3) is 0 Å². The van der Waals surface area contributed by atoms with E-state index in [9.17, 15) is 4.79 Å². The highest BCUT2D eigenvalue weighted by atomic mass is 35.5. The van der Waals surface area contributed by atoms with E-state index in [0.29, 0.717) is 23.7 Å². The van der Waals surface area contributed by atoms with Crippen molar-refractivity contribution in [3.63, 3.8) is 0 Å². The number of carbonyl (C=O) groups is 1. The van der Waals surface area contributed by atoms with Crippen molar-refractivity contribution in [2.45, 2.75) is 32.6 Å². The average Bonchev–Trinajstić information content (AvgIpc) is 2.52. The second kappa shape index (κ2) is 12.3. The van der Waals surface area contributed by atoms with Gasteiger partial charge in [-0.25, -0.2) is 0 Å². The molecule has 1 rings (SSSR count). The molecule has 4 nitrogen and oxygen atoms in total. The number of benzene rings is 1. The van der Waals surface area contributed by atoms with Crippen molar-refractivity contribution in [3.8, 4) is 17.2 Å². The number of hydrogen-bond donors (Lipinski definition) is 0. The number of halogens is 1. The van der Waals surface area contributed by atoms with Crippen LogP contribution in [0.15, 0.2) is 12.1 Å². The van der Waals surface area contributed by atoms with E-state index in [0.717, 1.165) is 17.7 Å². The summed E-state index contributed by atoms with van der Waals surface area (Å²) in [5.41, 5.74) is 0.833. The van der Waals surface area contributed by atoms with E-state index in [1.807, 2.05) is 0 Å². The molecule has 0 aromatic heterocycles. The third-order valence-electron chi connectivity index (χ3n) is 2.78. The van der Waals surface area contributed by atoms with Crippen LogP contribution in [0.3, 0.4) is 0 Å². The number of ether oxygens (including phenoxy) is 3. The maximum Gasteiger partial charge on any atom is 0.203 e. The van der Waals surface area contributed by atoms with Crippen LogP contribution in [0, 0.1) is 0 Å². The van der Waals surface area contributed by atoms with Gasteiger partial charge in [-0.2, -0.15) is 0 Å². The second-order valence-corrected chi connectivity index (χ2v) is 4.68. The lowest BCUT2D eigenvalue weighted by atomic mass is 10.1. The number of hydrogen-bond acceptors (Lipinski definition) is 4. The Bertz CT molecular complexity index is 378. The van der Waals surface area contributed by atoms with Crippen LogP contribution in [0.5, 0.6) is 17.2 Å². The van der Waals surface area contributed by atoms with Gasteiger partial charge in [0.1, 0.15) is 6.29 Å². The lowest BCUT2D eigenvalue weighted by Gasteiger charge is -2.13. The van der Waals surface area contributed by atoms with Crippen LogP contribution in [-0.4, -0.2) is 33.5 Å². The highest BCUT2D eigenvalue weighted by molar-refractivity contribution is 6.17. The zero-order valence-electron chi connectivity index (χ0n) is 13.3. The molecule has 0 heterocycles. The monoisotopic (exact) mass is 316 g/mol. The minimum Gasteiger partial charge on any atom is -0.493 e. The van der Waals surface area contributed by atoms with Crippen LogP contribution in [0.2, 0.25) is 0 Å². The van der Waals surface area contributed by atoms with Gasteiger partial charge >= 0.3 is 0 Å². The third-order valence-corrected chi connectivity index (χ3v) is 3.05. The molecule has 0 bridgehead atoms. The van der Waals surface area contributed by atoms with Crippen molar-refractivity contribution < 1.29 is 19.0 Å². The Morgan fingerprint density at radius 3 is 1.90 bits per heavy atom. The van der Waals surface area contributed by atoms with Crippen LogP contribution in [0.25, 0.3) is 0 Å². The van der Waals surface area contributed by atoms with Gasteiger partial charge in [0.2, 0.25) is 5.75 Å². The Kier molecular flexibility index (Phi) is 11.5. The van der Waals surface area contributed by atoms with Crippen LogP contribution in [0.4, 0.5) is 0 Å². The largest absolute Gasteiger partial charge is 0.493 e. The molecule has 0 radical (unpaired) electrons. The quantitative estimate of drug-likeness (QED) is 0.415. The summed E-state index contributed by atoms with van der Waals surface area (Å²) in [7, 11) is 4.63. The molecule has 0 aliphatic heterocycles. The Morgan fingerprint density at radius 1 is 1.05 bits per heavy atom. The van der Waals surface area contributed by atoms with Gasteiger partial charge < -0.3 is 19.0 Å². The summed E-state index contributed by atoms with van der Waals surface area (Å²) in [5.74, 6) is 2.49. The first-order chi connectivity index (χ1) is 10.2. The summed E-state index contributed by atoms with van der Waals surface area (Å²) in [4.78, 5) is 10.4. The van der Waals surface area contributed by atoms with Gasteiger partial charge in [-0.1, -0.05) is 19.8 Å². The number of carbonyl (C=O) groups excluding carboxylic acids is 1. The predicted molar refractivity (Wildman–Crippen MR) is 86.1 cm³/mol. The topological polar surface area (TPSA) is 44.8 Å². The molecule has 0 aliphatic rings. The highest BCUT2D eigenvalue weighted by Crippen LogP contribution is 2.38. The first-order valence-electron chi connectivity index (χ1n) is 6.96.